The van der Waals surface area contributed by atoms with Crippen molar-refractivity contribution in [3.05, 3.63) is 46.2 Å². The number of hydrogen-bond donors (Lipinski definition) is 0. The second-order valence-electron chi connectivity index (χ2n) is 4.76. The first-order valence-corrected chi connectivity index (χ1v) is 6.92. The van der Waals surface area contributed by atoms with Crippen molar-refractivity contribution in [3.63, 3.8) is 0 Å². The zero-order chi connectivity index (χ0) is 15.2. The summed E-state index contributed by atoms with van der Waals surface area (Å²) in [7, 11) is 1.53. The molecule has 21 heavy (non-hydrogen) atoms. The molecule has 0 unspecified atom stereocenters. The topological polar surface area (TPSA) is 61.2 Å². The van der Waals surface area contributed by atoms with Crippen LogP contribution >= 0.6 is 0 Å². The molecule has 0 aliphatic heterocycles. The Bertz CT molecular complexity index is 692. The van der Waals surface area contributed by atoms with Crippen LogP contribution in [-0.2, 0) is 7.05 Å². The largest absolute Gasteiger partial charge is 0.494 e. The van der Waals surface area contributed by atoms with Crippen molar-refractivity contribution >= 4 is 6.29 Å². The number of aryl methyl sites for hydroxylation is 1. The van der Waals surface area contributed by atoms with Crippen LogP contribution in [0, 0.1) is 0 Å². The van der Waals surface area contributed by atoms with E-state index in [1.807, 2.05) is 24.3 Å². The number of aromatic nitrogens is 2. The van der Waals surface area contributed by atoms with Gasteiger partial charge in [0.15, 0.2) is 6.29 Å². The molecule has 0 saturated carbocycles. The highest BCUT2D eigenvalue weighted by Crippen LogP contribution is 2.22. The second-order valence-corrected chi connectivity index (χ2v) is 4.76. The maximum absolute atomic E-state index is 11.7. The highest BCUT2D eigenvalue weighted by atomic mass is 16.5. The van der Waals surface area contributed by atoms with E-state index in [9.17, 15) is 9.59 Å². The Balaban J connectivity index is 2.34. The predicted octanol–water partition coefficient (Wildman–Crippen LogP) is 2.44. The molecule has 0 aliphatic carbocycles. The third-order valence-electron chi connectivity index (χ3n) is 3.11. The lowest BCUT2D eigenvalue weighted by Gasteiger charge is -2.08. The van der Waals surface area contributed by atoms with Gasteiger partial charge in [-0.3, -0.25) is 9.59 Å². The fourth-order valence-corrected chi connectivity index (χ4v) is 1.94. The molecule has 0 bridgehead atoms. The minimum atomic E-state index is -0.399. The fraction of sp³-hybridized carbons (Fsp3) is 0.312. The lowest BCUT2D eigenvalue weighted by atomic mass is 10.1. The van der Waals surface area contributed by atoms with E-state index in [2.05, 4.69) is 12.0 Å². The van der Waals surface area contributed by atoms with Gasteiger partial charge in [0.05, 0.1) is 17.9 Å². The molecule has 0 fully saturated rings. The van der Waals surface area contributed by atoms with E-state index in [0.29, 0.717) is 18.6 Å². The van der Waals surface area contributed by atoms with Crippen LogP contribution in [0.5, 0.6) is 5.75 Å². The molecule has 0 aliphatic rings. The average molecular weight is 286 g/mol. The molecular weight excluding hydrogens is 268 g/mol. The van der Waals surface area contributed by atoms with Crippen molar-refractivity contribution in [2.45, 2.75) is 19.8 Å². The Morgan fingerprint density at radius 1 is 1.33 bits per heavy atom. The quantitative estimate of drug-likeness (QED) is 0.604. The molecule has 5 nitrogen and oxygen atoms in total. The Morgan fingerprint density at radius 2 is 2.14 bits per heavy atom. The van der Waals surface area contributed by atoms with Gasteiger partial charge in [-0.15, -0.1) is 0 Å². The van der Waals surface area contributed by atoms with Crippen LogP contribution < -0.4 is 10.3 Å². The van der Waals surface area contributed by atoms with Crippen LogP contribution in [0.3, 0.4) is 0 Å². The standard InChI is InChI=1S/C16H18N2O3/c1-3-4-8-21-14-7-5-6-12(9-14)15-10-13(11-19)16(20)18(2)17-15/h5-7,9-11H,3-4,8H2,1-2H3. The fourth-order valence-electron chi connectivity index (χ4n) is 1.94. The van der Waals surface area contributed by atoms with E-state index in [0.717, 1.165) is 24.2 Å². The van der Waals surface area contributed by atoms with Gasteiger partial charge in [0.2, 0.25) is 0 Å². The van der Waals surface area contributed by atoms with Gasteiger partial charge in [0.1, 0.15) is 5.75 Å². The van der Waals surface area contributed by atoms with E-state index in [4.69, 9.17) is 4.74 Å². The molecule has 110 valence electrons. The molecule has 0 spiro atoms. The highest BCUT2D eigenvalue weighted by Gasteiger charge is 2.08. The molecule has 0 radical (unpaired) electrons. The van der Waals surface area contributed by atoms with Crippen LogP contribution in [0.2, 0.25) is 0 Å². The highest BCUT2D eigenvalue weighted by molar-refractivity contribution is 5.77. The van der Waals surface area contributed by atoms with Gasteiger partial charge >= 0.3 is 0 Å². The number of rotatable bonds is 6. The smallest absolute Gasteiger partial charge is 0.277 e. The SMILES string of the molecule is CCCCOc1cccc(-c2cc(C=O)c(=O)n(C)n2)c1. The number of unbranched alkanes of at least 4 members (excludes halogenated alkanes) is 1. The van der Waals surface area contributed by atoms with Gasteiger partial charge in [-0.2, -0.15) is 5.10 Å². The molecule has 2 aromatic rings. The van der Waals surface area contributed by atoms with Crippen LogP contribution in [0.15, 0.2) is 35.1 Å². The van der Waals surface area contributed by atoms with Gasteiger partial charge in [-0.1, -0.05) is 25.5 Å². The molecule has 1 heterocycles. The van der Waals surface area contributed by atoms with Gasteiger partial charge in [0.25, 0.3) is 5.56 Å². The zero-order valence-electron chi connectivity index (χ0n) is 12.2. The van der Waals surface area contributed by atoms with E-state index in [1.165, 1.54) is 17.8 Å². The summed E-state index contributed by atoms with van der Waals surface area (Å²) in [5.41, 5.74) is 1.08. The average Bonchev–Trinajstić information content (AvgIpc) is 2.50. The summed E-state index contributed by atoms with van der Waals surface area (Å²) in [6, 6.07) is 8.97. The van der Waals surface area contributed by atoms with Crippen LogP contribution in [-0.4, -0.2) is 22.7 Å². The second kappa shape index (κ2) is 6.83. The summed E-state index contributed by atoms with van der Waals surface area (Å²) < 4.78 is 6.82. The maximum atomic E-state index is 11.7. The molecule has 2 rings (SSSR count). The molecule has 5 heteroatoms. The van der Waals surface area contributed by atoms with Crippen molar-refractivity contribution in [2.24, 2.45) is 7.05 Å². The predicted molar refractivity (Wildman–Crippen MR) is 80.7 cm³/mol. The van der Waals surface area contributed by atoms with Crippen molar-refractivity contribution < 1.29 is 9.53 Å². The number of carbonyl (C=O) groups is 1. The number of carbonyl (C=O) groups excluding carboxylic acids is 1. The third kappa shape index (κ3) is 3.56. The number of hydrogen-bond acceptors (Lipinski definition) is 4. The van der Waals surface area contributed by atoms with Crippen molar-refractivity contribution in [1.29, 1.82) is 0 Å². The van der Waals surface area contributed by atoms with Gasteiger partial charge < -0.3 is 4.74 Å². The molecule has 0 N–H and O–H groups in total. The van der Waals surface area contributed by atoms with Gasteiger partial charge in [-0.05, 0) is 24.6 Å². The number of nitrogens with zero attached hydrogens (tertiary/aromatic N) is 2. The van der Waals surface area contributed by atoms with Gasteiger partial charge in [-0.25, -0.2) is 4.68 Å². The molecular formula is C16H18N2O3. The van der Waals surface area contributed by atoms with Crippen LogP contribution in [0.1, 0.15) is 30.1 Å². The zero-order valence-corrected chi connectivity index (χ0v) is 12.2. The Kier molecular flexibility index (Phi) is 4.87. The first kappa shape index (κ1) is 15.0. The van der Waals surface area contributed by atoms with Crippen LogP contribution in [0.25, 0.3) is 11.3 Å². The monoisotopic (exact) mass is 286 g/mol. The molecule has 1 aromatic heterocycles. The summed E-state index contributed by atoms with van der Waals surface area (Å²) in [5.74, 6) is 0.754. The molecule has 1 aromatic carbocycles. The molecule has 0 amide bonds. The Morgan fingerprint density at radius 3 is 2.86 bits per heavy atom. The first-order chi connectivity index (χ1) is 10.2. The number of ether oxygens (including phenoxy) is 1. The molecule has 0 atom stereocenters. The van der Waals surface area contributed by atoms with Crippen LogP contribution in [0.4, 0.5) is 0 Å². The van der Waals surface area contributed by atoms with Crippen molar-refractivity contribution in [2.75, 3.05) is 6.61 Å². The maximum Gasteiger partial charge on any atom is 0.277 e. The summed E-state index contributed by atoms with van der Waals surface area (Å²) in [6.07, 6.45) is 2.62. The Hall–Kier alpha value is -2.43. The lowest BCUT2D eigenvalue weighted by Crippen LogP contribution is -2.23. The van der Waals surface area contributed by atoms with Crippen molar-refractivity contribution in [3.8, 4) is 17.0 Å². The normalized spacial score (nSPS) is 10.4. The van der Waals surface area contributed by atoms with E-state index < -0.39 is 5.56 Å². The summed E-state index contributed by atoms with van der Waals surface area (Å²) in [4.78, 5) is 22.6. The van der Waals surface area contributed by atoms with E-state index >= 15 is 0 Å². The summed E-state index contributed by atoms with van der Waals surface area (Å²) in [5, 5.41) is 4.18. The first-order valence-electron chi connectivity index (χ1n) is 6.92. The lowest BCUT2D eigenvalue weighted by molar-refractivity contribution is 0.112. The van der Waals surface area contributed by atoms with Crippen molar-refractivity contribution in [1.82, 2.24) is 9.78 Å². The summed E-state index contributed by atoms with van der Waals surface area (Å²) in [6.45, 7) is 2.77. The minimum absolute atomic E-state index is 0.0970. The number of benzene rings is 1. The number of aldehydes is 1. The Labute approximate surface area is 123 Å². The van der Waals surface area contributed by atoms with Gasteiger partial charge in [0, 0.05) is 12.6 Å². The van der Waals surface area contributed by atoms with E-state index in [-0.39, 0.29) is 5.56 Å². The third-order valence-corrected chi connectivity index (χ3v) is 3.11. The summed E-state index contributed by atoms with van der Waals surface area (Å²) >= 11 is 0. The minimum Gasteiger partial charge on any atom is -0.494 e. The molecule has 0 saturated heterocycles. The van der Waals surface area contributed by atoms with E-state index in [1.54, 1.807) is 0 Å².